The van der Waals surface area contributed by atoms with Gasteiger partial charge in [0.15, 0.2) is 0 Å². The summed E-state index contributed by atoms with van der Waals surface area (Å²) in [7, 11) is 0. The highest BCUT2D eigenvalue weighted by molar-refractivity contribution is 5.38. The molecule has 1 nitrogen and oxygen atoms in total. The lowest BCUT2D eigenvalue weighted by molar-refractivity contribution is -0.0962. The molecule has 172 valence electrons. The zero-order chi connectivity index (χ0) is 21.9. The van der Waals surface area contributed by atoms with Gasteiger partial charge >= 0.3 is 0 Å². The Hall–Kier alpha value is -0.300. The number of rotatable bonds is 5. The Balaban J connectivity index is 1.66. The predicted molar refractivity (Wildman–Crippen MR) is 128 cm³/mol. The first-order valence-electron chi connectivity index (χ1n) is 13.4. The van der Waals surface area contributed by atoms with Gasteiger partial charge in [0.25, 0.3) is 0 Å². The molecule has 0 radical (unpaired) electrons. The van der Waals surface area contributed by atoms with E-state index in [1.54, 1.807) is 0 Å². The highest BCUT2D eigenvalue weighted by Gasteiger charge is 2.63. The Bertz CT molecular complexity index is 688. The molecule has 4 rings (SSSR count). The molecule has 7 atom stereocenters. The second kappa shape index (κ2) is 7.64. The first-order chi connectivity index (χ1) is 14.0. The van der Waals surface area contributed by atoms with Crippen molar-refractivity contribution in [2.45, 2.75) is 132 Å². The van der Waals surface area contributed by atoms with Crippen LogP contribution >= 0.6 is 0 Å². The van der Waals surface area contributed by atoms with Crippen molar-refractivity contribution in [2.75, 3.05) is 0 Å². The van der Waals surface area contributed by atoms with Crippen molar-refractivity contribution in [3.8, 4) is 0 Å². The Morgan fingerprint density at radius 2 is 1.63 bits per heavy atom. The molecule has 1 unspecified atom stereocenters. The summed E-state index contributed by atoms with van der Waals surface area (Å²) in [6.07, 6.45) is 15.8. The van der Waals surface area contributed by atoms with Crippen LogP contribution in [0.2, 0.25) is 0 Å². The molecule has 30 heavy (non-hydrogen) atoms. The summed E-state index contributed by atoms with van der Waals surface area (Å²) in [5.41, 5.74) is 5.04. The van der Waals surface area contributed by atoms with Gasteiger partial charge < -0.3 is 5.11 Å². The summed E-state index contributed by atoms with van der Waals surface area (Å²) in [5, 5.41) is 10.8. The van der Waals surface area contributed by atoms with Crippen molar-refractivity contribution in [2.24, 2.45) is 39.4 Å². The van der Waals surface area contributed by atoms with Crippen molar-refractivity contribution >= 4 is 0 Å². The summed E-state index contributed by atoms with van der Waals surface area (Å²) in [4.78, 5) is 0. The SMILES string of the molecule is CCCCC[C@@H](C)[C@H]1CC[C@@]2(C)C3=C(CC[C@]12C)[C@@]1(C)CC[C@H](O)C(C)(C)C1CC3. The van der Waals surface area contributed by atoms with Crippen molar-refractivity contribution in [3.63, 3.8) is 0 Å². The Morgan fingerprint density at radius 3 is 2.33 bits per heavy atom. The fourth-order valence-electron chi connectivity index (χ4n) is 9.55. The van der Waals surface area contributed by atoms with Gasteiger partial charge in [-0.05, 0) is 90.8 Å². The van der Waals surface area contributed by atoms with E-state index in [2.05, 4.69) is 48.5 Å². The molecule has 4 aliphatic carbocycles. The first-order valence-corrected chi connectivity index (χ1v) is 13.4. The third-order valence-corrected chi connectivity index (χ3v) is 11.7. The topological polar surface area (TPSA) is 20.2 Å². The molecule has 0 spiro atoms. The molecule has 0 aromatic rings. The van der Waals surface area contributed by atoms with Gasteiger partial charge in [-0.25, -0.2) is 0 Å². The number of unbranched alkanes of at least 4 members (excludes halogenated alkanes) is 2. The van der Waals surface area contributed by atoms with E-state index in [1.807, 2.05) is 11.1 Å². The predicted octanol–water partition coefficient (Wildman–Crippen LogP) is 8.31. The normalized spacial score (nSPS) is 46.2. The lowest BCUT2D eigenvalue weighted by atomic mass is 9.43. The van der Waals surface area contributed by atoms with Crippen molar-refractivity contribution in [3.05, 3.63) is 11.1 Å². The molecule has 2 fully saturated rings. The molecule has 0 aromatic carbocycles. The van der Waals surface area contributed by atoms with E-state index < -0.39 is 0 Å². The quantitative estimate of drug-likeness (QED) is 0.354. The van der Waals surface area contributed by atoms with Crippen LogP contribution in [0.4, 0.5) is 0 Å². The number of fused-ring (bicyclic) bond motifs is 4. The van der Waals surface area contributed by atoms with E-state index in [-0.39, 0.29) is 11.5 Å². The number of allylic oxidation sites excluding steroid dienone is 2. The standard InChI is InChI=1S/C29H50O/c1-8-9-10-11-20(2)21-14-18-29(7)23-12-13-24-26(3,4)25(30)16-17-27(24,5)22(23)15-19-28(21,29)6/h20-21,24-25,30H,8-19H2,1-7H3/t20-,21-,24?,25+,27-,28-,29+/m1/s1. The average Bonchev–Trinajstić information content (AvgIpc) is 2.97. The maximum absolute atomic E-state index is 10.8. The van der Waals surface area contributed by atoms with Crippen LogP contribution in [0.1, 0.15) is 126 Å². The number of hydrogen-bond donors (Lipinski definition) is 1. The van der Waals surface area contributed by atoms with E-state index in [0.717, 1.165) is 18.3 Å². The van der Waals surface area contributed by atoms with E-state index in [0.29, 0.717) is 22.2 Å². The summed E-state index contributed by atoms with van der Waals surface area (Å²) in [6.45, 7) is 17.6. The summed E-state index contributed by atoms with van der Waals surface area (Å²) >= 11 is 0. The molecule has 1 N–H and O–H groups in total. The third-order valence-electron chi connectivity index (χ3n) is 11.7. The Kier molecular flexibility index (Phi) is 5.82. The average molecular weight is 415 g/mol. The summed E-state index contributed by atoms with van der Waals surface area (Å²) < 4.78 is 0. The highest BCUT2D eigenvalue weighted by atomic mass is 16.3. The monoisotopic (exact) mass is 414 g/mol. The summed E-state index contributed by atoms with van der Waals surface area (Å²) in [6, 6.07) is 0. The van der Waals surface area contributed by atoms with Gasteiger partial charge in [-0.15, -0.1) is 0 Å². The van der Waals surface area contributed by atoms with Crippen molar-refractivity contribution in [1.82, 2.24) is 0 Å². The molecule has 0 heterocycles. The van der Waals surface area contributed by atoms with Crippen molar-refractivity contribution < 1.29 is 5.11 Å². The fourth-order valence-corrected chi connectivity index (χ4v) is 9.55. The Labute approximate surface area is 187 Å². The lowest BCUT2D eigenvalue weighted by Crippen LogP contribution is -2.55. The van der Waals surface area contributed by atoms with Crippen LogP contribution in [0.15, 0.2) is 11.1 Å². The van der Waals surface area contributed by atoms with Crippen LogP contribution in [0.25, 0.3) is 0 Å². The second-order valence-corrected chi connectivity index (χ2v) is 13.2. The number of aliphatic hydroxyl groups excluding tert-OH is 1. The van der Waals surface area contributed by atoms with Gasteiger partial charge in [0, 0.05) is 0 Å². The van der Waals surface area contributed by atoms with E-state index in [9.17, 15) is 5.11 Å². The third kappa shape index (κ3) is 3.03. The molecule has 1 heteroatoms. The molecular formula is C29H50O. The minimum Gasteiger partial charge on any atom is -0.393 e. The van der Waals surface area contributed by atoms with Gasteiger partial charge in [-0.2, -0.15) is 0 Å². The summed E-state index contributed by atoms with van der Waals surface area (Å²) in [5.74, 6) is 2.43. The van der Waals surface area contributed by atoms with Gasteiger partial charge in [-0.1, -0.05) is 85.3 Å². The number of aliphatic hydroxyl groups is 1. The first kappa shape index (κ1) is 22.9. The van der Waals surface area contributed by atoms with Gasteiger partial charge in [-0.3, -0.25) is 0 Å². The van der Waals surface area contributed by atoms with Gasteiger partial charge in [0.2, 0.25) is 0 Å². The van der Waals surface area contributed by atoms with E-state index in [1.165, 1.54) is 70.6 Å². The number of hydrogen-bond acceptors (Lipinski definition) is 1. The van der Waals surface area contributed by atoms with Crippen LogP contribution in [0, 0.1) is 39.4 Å². The minimum absolute atomic E-state index is 0.0548. The van der Waals surface area contributed by atoms with Gasteiger partial charge in [0.05, 0.1) is 6.10 Å². The highest BCUT2D eigenvalue weighted by Crippen LogP contribution is 2.72. The maximum atomic E-state index is 10.8. The molecule has 0 aliphatic heterocycles. The molecule has 2 saturated carbocycles. The second-order valence-electron chi connectivity index (χ2n) is 13.2. The van der Waals surface area contributed by atoms with E-state index in [4.69, 9.17) is 0 Å². The molecule has 0 saturated heterocycles. The molecule has 0 bridgehead atoms. The zero-order valence-electron chi connectivity index (χ0n) is 21.2. The van der Waals surface area contributed by atoms with Crippen LogP contribution in [0.3, 0.4) is 0 Å². The molecular weight excluding hydrogens is 364 g/mol. The van der Waals surface area contributed by atoms with Crippen LogP contribution in [-0.2, 0) is 0 Å². The fraction of sp³-hybridized carbons (Fsp3) is 0.931. The smallest absolute Gasteiger partial charge is 0.0594 e. The largest absolute Gasteiger partial charge is 0.393 e. The van der Waals surface area contributed by atoms with Crippen LogP contribution in [0.5, 0.6) is 0 Å². The van der Waals surface area contributed by atoms with E-state index >= 15 is 0 Å². The van der Waals surface area contributed by atoms with Crippen LogP contribution in [-0.4, -0.2) is 11.2 Å². The maximum Gasteiger partial charge on any atom is 0.0594 e. The molecule has 0 amide bonds. The Morgan fingerprint density at radius 1 is 0.900 bits per heavy atom. The minimum atomic E-state index is -0.123. The zero-order valence-corrected chi connectivity index (χ0v) is 21.2. The molecule has 4 aliphatic rings. The van der Waals surface area contributed by atoms with Gasteiger partial charge in [0.1, 0.15) is 0 Å². The molecule has 0 aromatic heterocycles. The lowest BCUT2D eigenvalue weighted by Gasteiger charge is -2.62. The van der Waals surface area contributed by atoms with Crippen LogP contribution < -0.4 is 0 Å². The van der Waals surface area contributed by atoms with Crippen molar-refractivity contribution in [1.29, 1.82) is 0 Å².